The van der Waals surface area contributed by atoms with Gasteiger partial charge >= 0.3 is 0 Å². The Labute approximate surface area is 178 Å². The highest BCUT2D eigenvalue weighted by molar-refractivity contribution is 6.33. The van der Waals surface area contributed by atoms with Crippen molar-refractivity contribution in [3.63, 3.8) is 0 Å². The molecule has 2 aromatic heterocycles. The van der Waals surface area contributed by atoms with E-state index in [1.54, 1.807) is 36.7 Å². The second-order valence-electron chi connectivity index (χ2n) is 6.99. The zero-order valence-electron chi connectivity index (χ0n) is 15.9. The van der Waals surface area contributed by atoms with Gasteiger partial charge in [0.15, 0.2) is 5.82 Å². The van der Waals surface area contributed by atoms with Gasteiger partial charge in [-0.2, -0.15) is 14.9 Å². The smallest absolute Gasteiger partial charge is 0.292 e. The quantitative estimate of drug-likeness (QED) is 0.617. The van der Waals surface area contributed by atoms with Gasteiger partial charge in [0.25, 0.3) is 5.56 Å². The molecule has 0 radical (unpaired) electrons. The Bertz CT molecular complexity index is 1040. The fraction of sp³-hybridized carbons (Fsp3) is 0.300. The first-order chi connectivity index (χ1) is 14.0. The second kappa shape index (κ2) is 8.39. The summed E-state index contributed by atoms with van der Waals surface area (Å²) in [6.45, 7) is 1.63. The molecular formula is C20H20Cl2N6O. The molecule has 0 N–H and O–H groups in total. The van der Waals surface area contributed by atoms with Crippen molar-refractivity contribution < 1.29 is 0 Å². The van der Waals surface area contributed by atoms with Gasteiger partial charge in [0.05, 0.1) is 17.6 Å². The third-order valence-electron chi connectivity index (χ3n) is 5.10. The number of halogens is 2. The molecule has 3 aromatic rings. The maximum Gasteiger partial charge on any atom is 0.292 e. The molecule has 1 unspecified atom stereocenters. The van der Waals surface area contributed by atoms with Gasteiger partial charge in [-0.15, -0.1) is 5.10 Å². The van der Waals surface area contributed by atoms with Gasteiger partial charge in [-0.3, -0.25) is 4.79 Å². The number of anilines is 2. The van der Waals surface area contributed by atoms with Crippen LogP contribution in [0.1, 0.15) is 12.8 Å². The third-order valence-corrected chi connectivity index (χ3v) is 5.70. The number of nitrogens with zero attached hydrogens (tertiary/aromatic N) is 6. The molecule has 1 atom stereocenters. The van der Waals surface area contributed by atoms with Crippen LogP contribution in [0.4, 0.5) is 11.5 Å². The molecule has 4 rings (SSSR count). The van der Waals surface area contributed by atoms with Crippen LogP contribution in [-0.4, -0.2) is 46.2 Å². The summed E-state index contributed by atoms with van der Waals surface area (Å²) < 4.78 is 1.28. The summed E-state index contributed by atoms with van der Waals surface area (Å²) in [6.07, 6.45) is 5.41. The van der Waals surface area contributed by atoms with Gasteiger partial charge in [0.1, 0.15) is 5.02 Å². The van der Waals surface area contributed by atoms with Crippen molar-refractivity contribution in [1.29, 1.82) is 0 Å². The maximum absolute atomic E-state index is 12.8. The Kier molecular flexibility index (Phi) is 5.69. The normalized spacial score (nSPS) is 16.2. The molecule has 150 valence electrons. The standard InChI is InChI=1S/C20H20Cl2N6O/c1-26(13-16-4-3-11-27(16)18-5-2-10-23-25-18)17-12-24-28(20(29)19(17)22)15-8-6-14(21)7-9-15/h2,5-10,12,16H,3-4,11,13H2,1H3. The molecule has 0 spiro atoms. The summed E-state index contributed by atoms with van der Waals surface area (Å²) in [7, 11) is 1.92. The Hall–Kier alpha value is -2.64. The van der Waals surface area contributed by atoms with Gasteiger partial charge in [-0.25, -0.2) is 0 Å². The molecule has 1 aliphatic heterocycles. The van der Waals surface area contributed by atoms with Gasteiger partial charge in [0.2, 0.25) is 0 Å². The summed E-state index contributed by atoms with van der Waals surface area (Å²) in [4.78, 5) is 17.0. The molecule has 7 nitrogen and oxygen atoms in total. The highest BCUT2D eigenvalue weighted by Gasteiger charge is 2.28. The molecule has 1 fully saturated rings. The monoisotopic (exact) mass is 430 g/mol. The Morgan fingerprint density at radius 3 is 2.72 bits per heavy atom. The molecule has 1 aliphatic rings. The van der Waals surface area contributed by atoms with E-state index in [2.05, 4.69) is 20.2 Å². The highest BCUT2D eigenvalue weighted by atomic mass is 35.5. The van der Waals surface area contributed by atoms with Gasteiger partial charge < -0.3 is 9.80 Å². The predicted octanol–water partition coefficient (Wildman–Crippen LogP) is 3.43. The number of hydrogen-bond donors (Lipinski definition) is 0. The highest BCUT2D eigenvalue weighted by Crippen LogP contribution is 2.27. The molecule has 0 amide bonds. The molecule has 29 heavy (non-hydrogen) atoms. The predicted molar refractivity (Wildman–Crippen MR) is 116 cm³/mol. The van der Waals surface area contributed by atoms with E-state index in [1.165, 1.54) is 4.68 Å². The van der Waals surface area contributed by atoms with Crippen molar-refractivity contribution in [2.24, 2.45) is 0 Å². The molecule has 0 bridgehead atoms. The van der Waals surface area contributed by atoms with E-state index in [0.29, 0.717) is 22.9 Å². The summed E-state index contributed by atoms with van der Waals surface area (Å²) in [6, 6.07) is 11.0. The van der Waals surface area contributed by atoms with Gasteiger partial charge in [-0.05, 0) is 49.2 Å². The SMILES string of the molecule is CN(CC1CCCN1c1cccnn1)c1cnn(-c2ccc(Cl)cc2)c(=O)c1Cl. The van der Waals surface area contributed by atoms with E-state index in [1.807, 2.05) is 24.1 Å². The number of hydrogen-bond acceptors (Lipinski definition) is 6. The van der Waals surface area contributed by atoms with E-state index >= 15 is 0 Å². The Morgan fingerprint density at radius 2 is 2.00 bits per heavy atom. The lowest BCUT2D eigenvalue weighted by Gasteiger charge is -2.30. The first-order valence-corrected chi connectivity index (χ1v) is 10.1. The molecule has 0 saturated carbocycles. The summed E-state index contributed by atoms with van der Waals surface area (Å²) >= 11 is 12.4. The van der Waals surface area contributed by atoms with Crippen LogP contribution in [0.25, 0.3) is 5.69 Å². The van der Waals surface area contributed by atoms with Crippen LogP contribution < -0.4 is 15.4 Å². The molecule has 3 heterocycles. The largest absolute Gasteiger partial charge is 0.370 e. The summed E-state index contributed by atoms with van der Waals surface area (Å²) in [5, 5.41) is 13.3. The lowest BCUT2D eigenvalue weighted by Crippen LogP contribution is -2.40. The van der Waals surface area contributed by atoms with Gasteiger partial charge in [0, 0.05) is 37.4 Å². The molecule has 1 saturated heterocycles. The van der Waals surface area contributed by atoms with Crippen LogP contribution in [0.5, 0.6) is 0 Å². The summed E-state index contributed by atoms with van der Waals surface area (Å²) in [5.74, 6) is 0.866. The van der Waals surface area contributed by atoms with Crippen LogP contribution in [0, 0.1) is 0 Å². The first-order valence-electron chi connectivity index (χ1n) is 9.34. The number of aromatic nitrogens is 4. The van der Waals surface area contributed by atoms with Gasteiger partial charge in [-0.1, -0.05) is 23.2 Å². The van der Waals surface area contributed by atoms with E-state index in [-0.39, 0.29) is 16.6 Å². The van der Waals surface area contributed by atoms with Crippen molar-refractivity contribution in [3.05, 3.63) is 69.2 Å². The van der Waals surface area contributed by atoms with Crippen LogP contribution in [0.3, 0.4) is 0 Å². The lowest BCUT2D eigenvalue weighted by molar-refractivity contribution is 0.644. The van der Waals surface area contributed by atoms with Crippen LogP contribution in [0.2, 0.25) is 10.0 Å². The number of benzene rings is 1. The minimum Gasteiger partial charge on any atom is -0.370 e. The van der Waals surface area contributed by atoms with Crippen molar-refractivity contribution >= 4 is 34.7 Å². The molecule has 1 aromatic carbocycles. The van der Waals surface area contributed by atoms with E-state index in [9.17, 15) is 4.79 Å². The minimum atomic E-state index is -0.365. The van der Waals surface area contributed by atoms with Crippen LogP contribution in [0.15, 0.2) is 53.6 Å². The van der Waals surface area contributed by atoms with Crippen molar-refractivity contribution in [3.8, 4) is 5.69 Å². The average Bonchev–Trinajstić information content (AvgIpc) is 3.19. The fourth-order valence-electron chi connectivity index (χ4n) is 3.64. The Balaban J connectivity index is 1.56. The lowest BCUT2D eigenvalue weighted by atomic mass is 10.2. The summed E-state index contributed by atoms with van der Waals surface area (Å²) in [5.41, 5.74) is 0.851. The van der Waals surface area contributed by atoms with E-state index in [4.69, 9.17) is 23.2 Å². The second-order valence-corrected chi connectivity index (χ2v) is 7.80. The Morgan fingerprint density at radius 1 is 1.21 bits per heavy atom. The topological polar surface area (TPSA) is 67.2 Å². The first kappa shape index (κ1) is 19.7. The van der Waals surface area contributed by atoms with E-state index in [0.717, 1.165) is 25.2 Å². The van der Waals surface area contributed by atoms with Crippen LogP contribution >= 0.6 is 23.2 Å². The van der Waals surface area contributed by atoms with Crippen LogP contribution in [-0.2, 0) is 0 Å². The fourth-order valence-corrected chi connectivity index (χ4v) is 4.04. The number of rotatable bonds is 5. The van der Waals surface area contributed by atoms with Crippen molar-refractivity contribution in [2.45, 2.75) is 18.9 Å². The van der Waals surface area contributed by atoms with Crippen molar-refractivity contribution in [1.82, 2.24) is 20.0 Å². The molecule has 9 heteroatoms. The molecular weight excluding hydrogens is 411 g/mol. The van der Waals surface area contributed by atoms with E-state index < -0.39 is 0 Å². The maximum atomic E-state index is 12.8. The van der Waals surface area contributed by atoms with Crippen molar-refractivity contribution in [2.75, 3.05) is 29.9 Å². The average molecular weight is 431 g/mol. The zero-order valence-corrected chi connectivity index (χ0v) is 17.4. The molecule has 0 aliphatic carbocycles. The zero-order chi connectivity index (χ0) is 20.4. The number of likely N-dealkylation sites (N-methyl/N-ethyl adjacent to an activating group) is 1. The third kappa shape index (κ3) is 4.06. The minimum absolute atomic E-state index is 0.140.